The Morgan fingerprint density at radius 2 is 0.562 bits per heavy atom. The Morgan fingerprint density at radius 1 is 0.288 bits per heavy atom. The van der Waals surface area contributed by atoms with Crippen molar-refractivity contribution < 1.29 is 28.6 Å². The summed E-state index contributed by atoms with van der Waals surface area (Å²) in [5.41, 5.74) is 0. The van der Waals surface area contributed by atoms with Crippen LogP contribution in [0.15, 0.2) is 146 Å². The first kappa shape index (κ1) is 68.3. The first-order chi connectivity index (χ1) is 36.0. The van der Waals surface area contributed by atoms with E-state index >= 15 is 0 Å². The van der Waals surface area contributed by atoms with Crippen molar-refractivity contribution in [3.8, 4) is 0 Å². The Morgan fingerprint density at radius 3 is 0.945 bits per heavy atom. The van der Waals surface area contributed by atoms with Crippen LogP contribution < -0.4 is 0 Å². The highest BCUT2D eigenvalue weighted by Crippen LogP contribution is 2.13. The van der Waals surface area contributed by atoms with Crippen LogP contribution in [-0.4, -0.2) is 37.2 Å². The zero-order valence-electron chi connectivity index (χ0n) is 46.8. The summed E-state index contributed by atoms with van der Waals surface area (Å²) in [5, 5.41) is 0. The molecule has 1 unspecified atom stereocenters. The lowest BCUT2D eigenvalue weighted by atomic mass is 10.1. The van der Waals surface area contributed by atoms with E-state index in [4.69, 9.17) is 14.2 Å². The molecule has 0 radical (unpaired) electrons. The van der Waals surface area contributed by atoms with Gasteiger partial charge in [0.25, 0.3) is 0 Å². The zero-order chi connectivity index (χ0) is 52.9. The van der Waals surface area contributed by atoms with Crippen molar-refractivity contribution in [1.29, 1.82) is 0 Å². The minimum atomic E-state index is -0.818. The molecule has 73 heavy (non-hydrogen) atoms. The molecule has 0 bridgehead atoms. The summed E-state index contributed by atoms with van der Waals surface area (Å²) in [6.07, 6.45) is 85.6. The molecule has 6 heteroatoms. The van der Waals surface area contributed by atoms with E-state index in [1.165, 1.54) is 51.4 Å². The van der Waals surface area contributed by atoms with Crippen LogP contribution in [0.3, 0.4) is 0 Å². The van der Waals surface area contributed by atoms with E-state index in [0.717, 1.165) is 141 Å². The molecule has 0 aromatic carbocycles. The Balaban J connectivity index is 4.44. The number of hydrogen-bond acceptors (Lipinski definition) is 6. The smallest absolute Gasteiger partial charge is 0.306 e. The topological polar surface area (TPSA) is 78.9 Å². The third kappa shape index (κ3) is 58.1. The third-order valence-electron chi connectivity index (χ3n) is 11.8. The number of unbranched alkanes of at least 4 members (excludes halogenated alkanes) is 16. The first-order valence-electron chi connectivity index (χ1n) is 29.3. The van der Waals surface area contributed by atoms with Gasteiger partial charge in [0.1, 0.15) is 13.2 Å². The molecule has 0 N–H and O–H groups in total. The van der Waals surface area contributed by atoms with Gasteiger partial charge in [-0.1, -0.05) is 231 Å². The van der Waals surface area contributed by atoms with E-state index in [-0.39, 0.29) is 37.5 Å². The van der Waals surface area contributed by atoms with Crippen molar-refractivity contribution in [3.63, 3.8) is 0 Å². The molecule has 0 saturated carbocycles. The van der Waals surface area contributed by atoms with Gasteiger partial charge in [0.05, 0.1) is 0 Å². The van der Waals surface area contributed by atoms with Gasteiger partial charge in [0.2, 0.25) is 0 Å². The maximum absolute atomic E-state index is 12.8. The first-order valence-corrected chi connectivity index (χ1v) is 29.3. The normalized spacial score (nSPS) is 13.2. The van der Waals surface area contributed by atoms with Crippen LogP contribution in [0.5, 0.6) is 0 Å². The molecule has 0 aliphatic heterocycles. The summed E-state index contributed by atoms with van der Waals surface area (Å²) in [6.45, 7) is 6.38. The molecular formula is C67H106O6. The van der Waals surface area contributed by atoms with Gasteiger partial charge < -0.3 is 14.2 Å². The second-order valence-electron chi connectivity index (χ2n) is 18.8. The molecule has 0 amide bonds. The lowest BCUT2D eigenvalue weighted by molar-refractivity contribution is -0.167. The number of carbonyl (C=O) groups excluding carboxylic acids is 3. The average Bonchev–Trinajstić information content (AvgIpc) is 3.39. The number of allylic oxidation sites excluding steroid dienone is 24. The van der Waals surface area contributed by atoms with Gasteiger partial charge >= 0.3 is 17.9 Å². The van der Waals surface area contributed by atoms with Gasteiger partial charge in [-0.15, -0.1) is 0 Å². The molecule has 0 aliphatic carbocycles. The van der Waals surface area contributed by atoms with Gasteiger partial charge in [0, 0.05) is 19.3 Å². The minimum Gasteiger partial charge on any atom is -0.462 e. The van der Waals surface area contributed by atoms with E-state index in [0.29, 0.717) is 19.3 Å². The molecule has 0 saturated heterocycles. The van der Waals surface area contributed by atoms with Crippen molar-refractivity contribution in [1.82, 2.24) is 0 Å². The fourth-order valence-electron chi connectivity index (χ4n) is 7.39. The number of carbonyl (C=O) groups is 3. The van der Waals surface area contributed by atoms with Crippen LogP contribution in [0, 0.1) is 0 Å². The summed E-state index contributed by atoms with van der Waals surface area (Å²) < 4.78 is 16.8. The van der Waals surface area contributed by atoms with Crippen molar-refractivity contribution in [2.45, 2.75) is 245 Å². The van der Waals surface area contributed by atoms with E-state index in [9.17, 15) is 14.4 Å². The van der Waals surface area contributed by atoms with Crippen LogP contribution >= 0.6 is 0 Å². The molecule has 0 spiro atoms. The quantitative estimate of drug-likeness (QED) is 0.0261. The Hall–Kier alpha value is -4.71. The lowest BCUT2D eigenvalue weighted by Gasteiger charge is -2.18. The largest absolute Gasteiger partial charge is 0.462 e. The molecule has 0 aliphatic rings. The van der Waals surface area contributed by atoms with Gasteiger partial charge in [-0.2, -0.15) is 0 Å². The molecule has 0 aromatic heterocycles. The maximum Gasteiger partial charge on any atom is 0.306 e. The summed E-state index contributed by atoms with van der Waals surface area (Å²) in [4.78, 5) is 38.1. The second-order valence-corrected chi connectivity index (χ2v) is 18.8. The summed E-state index contributed by atoms with van der Waals surface area (Å²) in [6, 6.07) is 0. The van der Waals surface area contributed by atoms with Crippen LogP contribution in [0.2, 0.25) is 0 Å². The summed E-state index contributed by atoms with van der Waals surface area (Å²) >= 11 is 0. The molecule has 1 atom stereocenters. The SMILES string of the molecule is CC/C=C\C/C=C\C/C=C\C/C=C\C/C=C\C/C=C\C/C=C\C/C=C\C/C=C\CCCC(=O)OCC(COC(=O)CCCCCCC/C=C\CCCCC)OC(=O)CCCCCCC/C=C\C/C=C\CCCC. The molecule has 0 heterocycles. The van der Waals surface area contributed by atoms with Gasteiger partial charge in [-0.05, 0) is 135 Å². The number of esters is 3. The van der Waals surface area contributed by atoms with E-state index in [1.54, 1.807) is 0 Å². The molecule has 0 rings (SSSR count). The standard InChI is InChI=1S/C67H106O6/c1-4-7-10-13-16-19-22-25-27-28-29-30-31-32-33-34-35-36-37-38-39-40-41-43-45-48-51-54-57-60-66(69)72-63-64(62-71-65(68)59-56-53-50-47-44-24-21-18-15-12-9-6-3)73-67(70)61-58-55-52-49-46-42-26-23-20-17-14-11-8-5-2/h7,10,14,16-19,21,23,25-27,29-30,32-33,35-36,38-39,41,43,48,51,64H,4-6,8-9,11-13,15,20,22,24,28,31,34,37,40,42,44-47,49-50,52-63H2,1-3H3/b10-7-,17-14-,19-16-,21-18-,26-23-,27-25-,30-29-,33-32-,36-35-,39-38-,43-41-,51-48-. The molecule has 410 valence electrons. The highest BCUT2D eigenvalue weighted by atomic mass is 16.6. The van der Waals surface area contributed by atoms with E-state index in [1.807, 2.05) is 0 Å². The van der Waals surface area contributed by atoms with E-state index < -0.39 is 6.10 Å². The highest BCUT2D eigenvalue weighted by Gasteiger charge is 2.19. The third-order valence-corrected chi connectivity index (χ3v) is 11.8. The molecule has 0 fully saturated rings. The van der Waals surface area contributed by atoms with E-state index in [2.05, 4.69) is 167 Å². The van der Waals surface area contributed by atoms with Crippen LogP contribution in [0.4, 0.5) is 0 Å². The van der Waals surface area contributed by atoms with Crippen molar-refractivity contribution in [2.75, 3.05) is 13.2 Å². The number of ether oxygens (including phenoxy) is 3. The van der Waals surface area contributed by atoms with Gasteiger partial charge in [-0.3, -0.25) is 14.4 Å². The van der Waals surface area contributed by atoms with Crippen LogP contribution in [-0.2, 0) is 28.6 Å². The monoisotopic (exact) mass is 1010 g/mol. The number of rotatable bonds is 51. The Labute approximate surface area is 448 Å². The minimum absolute atomic E-state index is 0.111. The molecular weight excluding hydrogens is 901 g/mol. The predicted octanol–water partition coefficient (Wildman–Crippen LogP) is 20.0. The fourth-order valence-corrected chi connectivity index (χ4v) is 7.39. The van der Waals surface area contributed by atoms with Gasteiger partial charge in [0.15, 0.2) is 6.10 Å². The average molecular weight is 1010 g/mol. The highest BCUT2D eigenvalue weighted by molar-refractivity contribution is 5.71. The lowest BCUT2D eigenvalue weighted by Crippen LogP contribution is -2.30. The van der Waals surface area contributed by atoms with Crippen molar-refractivity contribution in [3.05, 3.63) is 146 Å². The van der Waals surface area contributed by atoms with Crippen LogP contribution in [0.1, 0.15) is 239 Å². The van der Waals surface area contributed by atoms with Gasteiger partial charge in [-0.25, -0.2) is 0 Å². The van der Waals surface area contributed by atoms with Crippen molar-refractivity contribution >= 4 is 17.9 Å². The predicted molar refractivity (Wildman–Crippen MR) is 315 cm³/mol. The molecule has 0 aromatic rings. The summed E-state index contributed by atoms with van der Waals surface area (Å²) in [5.74, 6) is -1.00. The maximum atomic E-state index is 12.8. The van der Waals surface area contributed by atoms with Crippen molar-refractivity contribution in [2.24, 2.45) is 0 Å². The fraction of sp³-hybridized carbons (Fsp3) is 0.597. The second kappa shape index (κ2) is 59.8. The zero-order valence-corrected chi connectivity index (χ0v) is 46.8. The Kier molecular flexibility index (Phi) is 56.0. The molecule has 6 nitrogen and oxygen atoms in total. The summed E-state index contributed by atoms with van der Waals surface area (Å²) in [7, 11) is 0. The number of hydrogen-bond donors (Lipinski definition) is 0. The Bertz CT molecular complexity index is 1630. The van der Waals surface area contributed by atoms with Crippen LogP contribution in [0.25, 0.3) is 0 Å².